The average Bonchev–Trinajstić information content (AvgIpc) is 3.09. The van der Waals surface area contributed by atoms with Crippen molar-refractivity contribution in [2.24, 2.45) is 5.92 Å². The number of amides is 1. The van der Waals surface area contributed by atoms with Crippen LogP contribution in [0.4, 0.5) is 0 Å². The molecule has 1 aromatic carbocycles. The van der Waals surface area contributed by atoms with Crippen LogP contribution in [0.3, 0.4) is 0 Å². The molecular weight excluding hydrogens is 436 g/mol. The topological polar surface area (TPSA) is 57.7 Å². The Bertz CT molecular complexity index is 868. The molecule has 8 heteroatoms. The van der Waals surface area contributed by atoms with Gasteiger partial charge in [0.25, 0.3) is 10.0 Å². The Morgan fingerprint density at radius 2 is 2.00 bits per heavy atom. The maximum Gasteiger partial charge on any atom is 0.252 e. The molecule has 1 fully saturated rings. The van der Waals surface area contributed by atoms with Gasteiger partial charge in [0.05, 0.1) is 9.70 Å². The monoisotopic (exact) mass is 456 g/mol. The van der Waals surface area contributed by atoms with Crippen molar-refractivity contribution in [2.45, 2.75) is 23.6 Å². The predicted octanol–water partition coefficient (Wildman–Crippen LogP) is 3.57. The number of hydrogen-bond acceptors (Lipinski definition) is 4. The number of nitrogens with zero attached hydrogens (tertiary/aromatic N) is 2. The molecule has 0 radical (unpaired) electrons. The summed E-state index contributed by atoms with van der Waals surface area (Å²) in [6, 6.07) is 13.1. The van der Waals surface area contributed by atoms with Gasteiger partial charge in [-0.25, -0.2) is 8.42 Å². The predicted molar refractivity (Wildman–Crippen MR) is 106 cm³/mol. The Labute approximate surface area is 166 Å². The number of halogens is 1. The second kappa shape index (κ2) is 8.21. The summed E-state index contributed by atoms with van der Waals surface area (Å²) in [7, 11) is -1.76. The summed E-state index contributed by atoms with van der Waals surface area (Å²) in [5.74, 6) is -0.295. The van der Waals surface area contributed by atoms with Crippen molar-refractivity contribution < 1.29 is 13.2 Å². The molecule has 1 unspecified atom stereocenters. The Morgan fingerprint density at radius 3 is 2.65 bits per heavy atom. The third kappa shape index (κ3) is 4.36. The number of thiophene rings is 1. The first-order valence-corrected chi connectivity index (χ1v) is 11.5. The molecule has 1 saturated heterocycles. The molecule has 26 heavy (non-hydrogen) atoms. The normalized spacial score (nSPS) is 18.6. The van der Waals surface area contributed by atoms with Crippen LogP contribution < -0.4 is 0 Å². The van der Waals surface area contributed by atoms with E-state index in [-0.39, 0.29) is 18.4 Å². The molecule has 1 aromatic heterocycles. The van der Waals surface area contributed by atoms with Crippen LogP contribution in [0.2, 0.25) is 0 Å². The molecule has 0 saturated carbocycles. The lowest BCUT2D eigenvalue weighted by Gasteiger charge is -2.33. The molecule has 2 aromatic rings. The lowest BCUT2D eigenvalue weighted by atomic mass is 9.98. The first-order chi connectivity index (χ1) is 12.4. The van der Waals surface area contributed by atoms with Crippen molar-refractivity contribution in [3.8, 4) is 0 Å². The number of carbonyl (C=O) groups is 1. The number of rotatable bonds is 5. The third-order valence-corrected chi connectivity index (χ3v) is 8.47. The van der Waals surface area contributed by atoms with Crippen molar-refractivity contribution in [2.75, 3.05) is 20.1 Å². The minimum Gasteiger partial charge on any atom is -0.341 e. The lowest BCUT2D eigenvalue weighted by molar-refractivity contribution is -0.135. The van der Waals surface area contributed by atoms with E-state index in [1.165, 1.54) is 15.6 Å². The molecule has 3 rings (SSSR count). The fourth-order valence-corrected chi connectivity index (χ4v) is 6.86. The van der Waals surface area contributed by atoms with Crippen molar-refractivity contribution in [3.63, 3.8) is 0 Å². The zero-order chi connectivity index (χ0) is 18.7. The second-order valence-electron chi connectivity index (χ2n) is 6.44. The minimum absolute atomic E-state index is 0.00103. The number of carbonyl (C=O) groups excluding carboxylic acids is 1. The van der Waals surface area contributed by atoms with Crippen LogP contribution in [0.5, 0.6) is 0 Å². The van der Waals surface area contributed by atoms with Crippen LogP contribution in [0.1, 0.15) is 18.4 Å². The summed E-state index contributed by atoms with van der Waals surface area (Å²) in [6.07, 6.45) is 1.42. The minimum atomic E-state index is -3.54. The van der Waals surface area contributed by atoms with Gasteiger partial charge < -0.3 is 4.90 Å². The van der Waals surface area contributed by atoms with E-state index in [9.17, 15) is 13.2 Å². The highest BCUT2D eigenvalue weighted by molar-refractivity contribution is 9.11. The van der Waals surface area contributed by atoms with E-state index in [4.69, 9.17) is 0 Å². The highest BCUT2D eigenvalue weighted by Gasteiger charge is 2.35. The number of sulfonamides is 1. The molecule has 1 aliphatic heterocycles. The fraction of sp³-hybridized carbons (Fsp3) is 0.389. The molecule has 0 N–H and O–H groups in total. The smallest absolute Gasteiger partial charge is 0.252 e. The average molecular weight is 457 g/mol. The van der Waals surface area contributed by atoms with E-state index in [1.54, 1.807) is 24.1 Å². The summed E-state index contributed by atoms with van der Waals surface area (Å²) in [6.45, 7) is 1.24. The van der Waals surface area contributed by atoms with Gasteiger partial charge in [0.2, 0.25) is 5.91 Å². The molecule has 1 atom stereocenters. The van der Waals surface area contributed by atoms with Crippen LogP contribution >= 0.6 is 27.3 Å². The quantitative estimate of drug-likeness (QED) is 0.690. The van der Waals surface area contributed by atoms with Crippen molar-refractivity contribution in [3.05, 3.63) is 51.8 Å². The van der Waals surface area contributed by atoms with E-state index in [1.807, 2.05) is 30.3 Å². The van der Waals surface area contributed by atoms with Crippen molar-refractivity contribution in [1.29, 1.82) is 0 Å². The summed E-state index contributed by atoms with van der Waals surface area (Å²) in [5.41, 5.74) is 1.06. The maximum absolute atomic E-state index is 12.8. The van der Waals surface area contributed by atoms with Gasteiger partial charge in [-0.15, -0.1) is 11.3 Å². The lowest BCUT2D eigenvalue weighted by Crippen LogP contribution is -2.45. The molecule has 2 heterocycles. The molecule has 0 aliphatic carbocycles. The van der Waals surface area contributed by atoms with Gasteiger partial charge in [-0.05, 0) is 46.5 Å². The van der Waals surface area contributed by atoms with Gasteiger partial charge in [-0.1, -0.05) is 30.3 Å². The molecule has 140 valence electrons. The van der Waals surface area contributed by atoms with Crippen molar-refractivity contribution >= 4 is 43.2 Å². The van der Waals surface area contributed by atoms with E-state index < -0.39 is 10.0 Å². The largest absolute Gasteiger partial charge is 0.341 e. The highest BCUT2D eigenvalue weighted by atomic mass is 79.9. The fourth-order valence-electron chi connectivity index (χ4n) is 3.17. The summed E-state index contributed by atoms with van der Waals surface area (Å²) < 4.78 is 28.2. The summed E-state index contributed by atoms with van der Waals surface area (Å²) >= 11 is 4.51. The number of hydrogen-bond donors (Lipinski definition) is 0. The van der Waals surface area contributed by atoms with E-state index >= 15 is 0 Å². The molecule has 0 spiro atoms. The van der Waals surface area contributed by atoms with Gasteiger partial charge in [-0.3, -0.25) is 4.79 Å². The van der Waals surface area contributed by atoms with Crippen LogP contribution in [0, 0.1) is 5.92 Å². The summed E-state index contributed by atoms with van der Waals surface area (Å²) in [5, 5.41) is 0. The van der Waals surface area contributed by atoms with E-state index in [0.717, 1.165) is 15.8 Å². The molecular formula is C18H21BrN2O3S2. The number of piperidine rings is 1. The Hall–Kier alpha value is -1.22. The van der Waals surface area contributed by atoms with Crippen LogP contribution in [0.25, 0.3) is 0 Å². The SMILES string of the molecule is CN(Cc1ccccc1)C(=O)C1CCCN(S(=O)(=O)c2ccc(Br)s2)C1. The standard InChI is InChI=1S/C18H21BrN2O3S2/c1-20(12-14-6-3-2-4-7-14)18(22)15-8-5-11-21(13-15)26(23,24)17-10-9-16(19)25-17/h2-4,6-7,9-10,15H,5,8,11-13H2,1H3. The molecule has 1 amide bonds. The number of benzene rings is 1. The van der Waals surface area contributed by atoms with E-state index in [2.05, 4.69) is 15.9 Å². The van der Waals surface area contributed by atoms with Crippen molar-refractivity contribution in [1.82, 2.24) is 9.21 Å². The molecule has 1 aliphatic rings. The van der Waals surface area contributed by atoms with Gasteiger partial charge in [0, 0.05) is 26.7 Å². The Balaban J connectivity index is 1.68. The van der Waals surface area contributed by atoms with Crippen LogP contribution in [-0.2, 0) is 21.4 Å². The van der Waals surface area contributed by atoms with E-state index in [0.29, 0.717) is 23.7 Å². The second-order valence-corrected chi connectivity index (χ2v) is 11.1. The van der Waals surface area contributed by atoms with Gasteiger partial charge in [-0.2, -0.15) is 4.31 Å². The molecule has 5 nitrogen and oxygen atoms in total. The zero-order valence-electron chi connectivity index (χ0n) is 14.5. The highest BCUT2D eigenvalue weighted by Crippen LogP contribution is 2.31. The van der Waals surface area contributed by atoms with Gasteiger partial charge in [0.1, 0.15) is 4.21 Å². The zero-order valence-corrected chi connectivity index (χ0v) is 17.7. The van der Waals surface area contributed by atoms with Crippen LogP contribution in [0.15, 0.2) is 50.5 Å². The third-order valence-electron chi connectivity index (χ3n) is 4.51. The maximum atomic E-state index is 12.8. The Kier molecular flexibility index (Phi) is 6.17. The first kappa shape index (κ1) is 19.5. The van der Waals surface area contributed by atoms with Gasteiger partial charge >= 0.3 is 0 Å². The van der Waals surface area contributed by atoms with Gasteiger partial charge in [0.15, 0.2) is 0 Å². The first-order valence-electron chi connectivity index (χ1n) is 8.42. The van der Waals surface area contributed by atoms with Crippen LogP contribution in [-0.4, -0.2) is 43.7 Å². The molecule has 0 bridgehead atoms. The Morgan fingerprint density at radius 1 is 1.27 bits per heavy atom. The summed E-state index contributed by atoms with van der Waals surface area (Å²) in [4.78, 5) is 14.5.